The molecule has 0 aromatic carbocycles. The summed E-state index contributed by atoms with van der Waals surface area (Å²) in [4.78, 5) is 46.2. The number of aliphatic hydroxyl groups excluding tert-OH is 1. The molecule has 3 aliphatic heterocycles. The lowest BCUT2D eigenvalue weighted by Gasteiger charge is -2.61. The predicted molar refractivity (Wildman–Crippen MR) is 129 cm³/mol. The van der Waals surface area contributed by atoms with E-state index in [1.165, 1.54) is 0 Å². The molecule has 10 nitrogen and oxygen atoms in total. The van der Waals surface area contributed by atoms with Gasteiger partial charge in [-0.05, 0) is 37.7 Å². The number of likely N-dealkylation sites (N-methyl/N-ethyl adjacent to an activating group) is 1. The molecule has 10 heteroatoms. The van der Waals surface area contributed by atoms with E-state index in [1.807, 2.05) is 35.0 Å². The Balaban J connectivity index is 1.86. The van der Waals surface area contributed by atoms with Crippen LogP contribution in [0.15, 0.2) is 48.8 Å². The normalized spacial score (nSPS) is 27.9. The number of amides is 2. The van der Waals surface area contributed by atoms with Crippen LogP contribution in [0, 0.1) is 0 Å². The van der Waals surface area contributed by atoms with Gasteiger partial charge in [-0.3, -0.25) is 29.4 Å². The first kappa shape index (κ1) is 23.8. The van der Waals surface area contributed by atoms with Crippen molar-refractivity contribution in [2.45, 2.75) is 17.5 Å². The molecule has 0 bridgehead atoms. The number of carbonyl (C=O) groups is 2. The van der Waals surface area contributed by atoms with Gasteiger partial charge >= 0.3 is 0 Å². The van der Waals surface area contributed by atoms with Crippen LogP contribution in [0.3, 0.4) is 0 Å². The number of aliphatic hydroxyl groups is 1. The minimum Gasteiger partial charge on any atom is -0.381 e. The van der Waals surface area contributed by atoms with E-state index in [1.54, 1.807) is 40.4 Å². The summed E-state index contributed by atoms with van der Waals surface area (Å²) in [5.41, 5.74) is -2.23. The second kappa shape index (κ2) is 9.62. The van der Waals surface area contributed by atoms with Crippen molar-refractivity contribution in [1.82, 2.24) is 34.9 Å². The molecule has 0 aliphatic carbocycles. The van der Waals surface area contributed by atoms with Gasteiger partial charge in [0.15, 0.2) is 11.1 Å². The average Bonchev–Trinajstić information content (AvgIpc) is 2.88. The van der Waals surface area contributed by atoms with Crippen molar-refractivity contribution in [1.29, 1.82) is 0 Å². The van der Waals surface area contributed by atoms with Gasteiger partial charge in [0.25, 0.3) is 11.8 Å². The zero-order valence-corrected chi connectivity index (χ0v) is 20.1. The van der Waals surface area contributed by atoms with Gasteiger partial charge in [-0.2, -0.15) is 0 Å². The third-order valence-corrected chi connectivity index (χ3v) is 7.68. The van der Waals surface area contributed by atoms with Crippen LogP contribution in [0.25, 0.3) is 0 Å². The molecule has 2 atom stereocenters. The Morgan fingerprint density at radius 3 is 1.94 bits per heavy atom. The lowest BCUT2D eigenvalue weighted by molar-refractivity contribution is -0.197. The van der Waals surface area contributed by atoms with Crippen molar-refractivity contribution in [3.05, 3.63) is 60.2 Å². The van der Waals surface area contributed by atoms with E-state index in [0.717, 1.165) is 6.42 Å². The summed E-state index contributed by atoms with van der Waals surface area (Å²) in [7, 11) is 1.88. The number of piperazine rings is 2. The first-order valence-electron chi connectivity index (χ1n) is 12.3. The summed E-state index contributed by atoms with van der Waals surface area (Å²) in [6, 6.07) is 10.9. The van der Waals surface area contributed by atoms with Crippen molar-refractivity contribution >= 4 is 11.8 Å². The zero-order chi connectivity index (χ0) is 24.5. The monoisotopic (exact) mass is 479 g/mol. The fourth-order valence-corrected chi connectivity index (χ4v) is 5.84. The smallest absolute Gasteiger partial charge is 0.252 e. The Labute approximate surface area is 205 Å². The molecular weight excluding hydrogens is 446 g/mol. The predicted octanol–water partition coefficient (Wildman–Crippen LogP) is -0.571. The highest BCUT2D eigenvalue weighted by Crippen LogP contribution is 2.52. The minimum atomic E-state index is -1.60. The zero-order valence-electron chi connectivity index (χ0n) is 20.1. The Morgan fingerprint density at radius 2 is 1.43 bits per heavy atom. The van der Waals surface area contributed by atoms with Crippen molar-refractivity contribution < 1.29 is 14.7 Å². The molecule has 2 aromatic heterocycles. The van der Waals surface area contributed by atoms with Crippen LogP contribution in [0.2, 0.25) is 0 Å². The van der Waals surface area contributed by atoms with Crippen LogP contribution < -0.4 is 5.32 Å². The molecule has 0 radical (unpaired) electrons. The molecule has 35 heavy (non-hydrogen) atoms. The molecule has 0 spiro atoms. The first-order valence-corrected chi connectivity index (χ1v) is 12.3. The average molecular weight is 480 g/mol. The van der Waals surface area contributed by atoms with E-state index in [-0.39, 0.29) is 11.8 Å². The van der Waals surface area contributed by atoms with E-state index in [4.69, 9.17) is 4.98 Å². The second-order valence-corrected chi connectivity index (χ2v) is 9.37. The summed E-state index contributed by atoms with van der Waals surface area (Å²) in [6.45, 7) is 4.08. The number of pyridine rings is 2. The maximum absolute atomic E-state index is 14.9. The number of aromatic nitrogens is 2. The van der Waals surface area contributed by atoms with Gasteiger partial charge in [-0.1, -0.05) is 12.1 Å². The number of nitrogens with zero attached hydrogens (tertiary/aromatic N) is 6. The minimum absolute atomic E-state index is 0.196. The first-order chi connectivity index (χ1) is 17.1. The van der Waals surface area contributed by atoms with Crippen LogP contribution >= 0.6 is 0 Å². The number of rotatable bonds is 5. The number of carbonyl (C=O) groups excluding carboxylic acids is 2. The largest absolute Gasteiger partial charge is 0.381 e. The lowest BCUT2D eigenvalue weighted by Crippen LogP contribution is -2.81. The van der Waals surface area contributed by atoms with E-state index >= 15 is 0 Å². The van der Waals surface area contributed by atoms with Crippen molar-refractivity contribution in [2.24, 2.45) is 0 Å². The summed E-state index contributed by atoms with van der Waals surface area (Å²) >= 11 is 0. The molecule has 186 valence electrons. The molecule has 5 heterocycles. The van der Waals surface area contributed by atoms with Crippen LogP contribution in [0.5, 0.6) is 0 Å². The third-order valence-electron chi connectivity index (χ3n) is 7.68. The molecule has 2 aromatic rings. The quantitative estimate of drug-likeness (QED) is 0.588. The SMILES string of the molecule is CN1CCN(CO)C(C(=O)N2CCC2)(c2ccccn2)C1(C(=O)N1CCNCC1)c1ccccn1. The van der Waals surface area contributed by atoms with Crippen molar-refractivity contribution in [3.8, 4) is 0 Å². The highest BCUT2D eigenvalue weighted by molar-refractivity contribution is 6.01. The number of nitrogens with one attached hydrogen (secondary N) is 1. The Bertz CT molecular complexity index is 1050. The molecule has 2 unspecified atom stereocenters. The summed E-state index contributed by atoms with van der Waals surface area (Å²) < 4.78 is 0. The van der Waals surface area contributed by atoms with Gasteiger partial charge in [-0.15, -0.1) is 0 Å². The topological polar surface area (TPSA) is 105 Å². The number of likely N-dealkylation sites (tertiary alicyclic amines) is 1. The van der Waals surface area contributed by atoms with Crippen molar-refractivity contribution in [3.63, 3.8) is 0 Å². The molecule has 2 N–H and O–H groups in total. The summed E-state index contributed by atoms with van der Waals surface area (Å²) in [5.74, 6) is -0.421. The van der Waals surface area contributed by atoms with Gasteiger partial charge in [0, 0.05) is 64.8 Å². The standard InChI is InChI=1S/C25H33N7O3/c1-29-17-18-32(19-33)25(21-8-3-5-10-28-21,23(35)30-13-6-14-30)24(29,20-7-2-4-9-27-20)22(34)31-15-11-26-12-16-31/h2-5,7-10,26,33H,6,11-19H2,1H3. The highest BCUT2D eigenvalue weighted by Gasteiger charge is 2.72. The Kier molecular flexibility index (Phi) is 6.54. The van der Waals surface area contributed by atoms with Crippen molar-refractivity contribution in [2.75, 3.05) is 66.1 Å². The molecular formula is C25H33N7O3. The Hall–Kier alpha value is -2.92. The van der Waals surface area contributed by atoms with E-state index < -0.39 is 17.8 Å². The van der Waals surface area contributed by atoms with Gasteiger partial charge in [0.05, 0.1) is 18.1 Å². The molecule has 5 rings (SSSR count). The van der Waals surface area contributed by atoms with Gasteiger partial charge < -0.3 is 20.2 Å². The summed E-state index contributed by atoms with van der Waals surface area (Å²) in [6.07, 6.45) is 4.20. The number of hydrogen-bond acceptors (Lipinski definition) is 8. The fraction of sp³-hybridized carbons (Fsp3) is 0.520. The lowest BCUT2D eigenvalue weighted by atomic mass is 9.65. The van der Waals surface area contributed by atoms with E-state index in [2.05, 4.69) is 10.3 Å². The van der Waals surface area contributed by atoms with E-state index in [0.29, 0.717) is 63.7 Å². The third kappa shape index (κ3) is 3.47. The summed E-state index contributed by atoms with van der Waals surface area (Å²) in [5, 5.41) is 14.0. The molecule has 3 aliphatic rings. The molecule has 3 fully saturated rings. The van der Waals surface area contributed by atoms with E-state index in [9.17, 15) is 14.7 Å². The van der Waals surface area contributed by atoms with Crippen LogP contribution in [0.4, 0.5) is 0 Å². The molecule has 0 saturated carbocycles. The molecule has 3 saturated heterocycles. The van der Waals surface area contributed by atoms with Gasteiger partial charge in [0.1, 0.15) is 0 Å². The maximum atomic E-state index is 14.9. The maximum Gasteiger partial charge on any atom is 0.252 e. The van der Waals surface area contributed by atoms with Gasteiger partial charge in [0.2, 0.25) is 0 Å². The molecule has 2 amide bonds. The highest BCUT2D eigenvalue weighted by atomic mass is 16.3. The van der Waals surface area contributed by atoms with Gasteiger partial charge in [-0.25, -0.2) is 0 Å². The second-order valence-electron chi connectivity index (χ2n) is 9.37. The number of hydrogen-bond donors (Lipinski definition) is 2. The van der Waals surface area contributed by atoms with Crippen LogP contribution in [0.1, 0.15) is 17.8 Å². The van der Waals surface area contributed by atoms with Crippen LogP contribution in [-0.2, 0) is 20.7 Å². The fourth-order valence-electron chi connectivity index (χ4n) is 5.84. The Morgan fingerprint density at radius 1 is 0.857 bits per heavy atom. The van der Waals surface area contributed by atoms with Crippen LogP contribution in [-0.4, -0.2) is 113 Å².